The van der Waals surface area contributed by atoms with Gasteiger partial charge in [-0.05, 0) is 0 Å². The average molecular weight is 259 g/mol. The van der Waals surface area contributed by atoms with Crippen molar-refractivity contribution in [1.82, 2.24) is 4.98 Å². The number of nitrogens with zero attached hydrogens (tertiary/aromatic N) is 1. The Bertz CT molecular complexity index is 355. The van der Waals surface area contributed by atoms with Gasteiger partial charge >= 0.3 is 5.97 Å². The van der Waals surface area contributed by atoms with E-state index in [0.717, 1.165) is 16.5 Å². The summed E-state index contributed by atoms with van der Waals surface area (Å²) in [5.74, 6) is 0.732. The Hall–Kier alpha value is -0.550. The summed E-state index contributed by atoms with van der Waals surface area (Å²) in [6.07, 6.45) is 0.224. The highest BCUT2D eigenvalue weighted by molar-refractivity contribution is 7.98. The largest absolute Gasteiger partial charge is 0.481 e. The van der Waals surface area contributed by atoms with Crippen molar-refractivity contribution < 1.29 is 9.90 Å². The minimum absolute atomic E-state index is 0.0977. The zero-order valence-electron chi connectivity index (χ0n) is 9.82. The van der Waals surface area contributed by atoms with E-state index in [1.165, 1.54) is 0 Å². The van der Waals surface area contributed by atoms with Crippen LogP contribution >= 0.6 is 23.1 Å². The first-order valence-corrected chi connectivity index (χ1v) is 7.17. The van der Waals surface area contributed by atoms with Crippen molar-refractivity contribution in [2.75, 3.05) is 5.75 Å². The third-order valence-corrected chi connectivity index (χ3v) is 4.01. The minimum atomic E-state index is -0.734. The van der Waals surface area contributed by atoms with Crippen LogP contribution in [0.5, 0.6) is 0 Å². The second-order valence-corrected chi connectivity index (χ2v) is 6.62. The molecule has 1 aromatic rings. The molecule has 1 heterocycles. The fourth-order valence-electron chi connectivity index (χ4n) is 1.04. The van der Waals surface area contributed by atoms with E-state index in [-0.39, 0.29) is 11.8 Å². The summed E-state index contributed by atoms with van der Waals surface area (Å²) in [5.41, 5.74) is 1.21. The standard InChI is InChI=1S/C11H17NO2S2/c1-11(2,3)8-6-16-9(12-8)7-15-5-4-10(13)14/h6H,4-5,7H2,1-3H3,(H,13,14). The molecule has 0 aliphatic carbocycles. The summed E-state index contributed by atoms with van der Waals surface area (Å²) < 4.78 is 0. The second kappa shape index (κ2) is 5.68. The van der Waals surface area contributed by atoms with Crippen molar-refractivity contribution in [3.63, 3.8) is 0 Å². The summed E-state index contributed by atoms with van der Waals surface area (Å²) in [6, 6.07) is 0. The zero-order valence-corrected chi connectivity index (χ0v) is 11.5. The van der Waals surface area contributed by atoms with Gasteiger partial charge in [-0.3, -0.25) is 4.79 Å². The first-order valence-electron chi connectivity index (χ1n) is 5.14. The van der Waals surface area contributed by atoms with Gasteiger partial charge in [-0.25, -0.2) is 4.98 Å². The maximum absolute atomic E-state index is 10.3. The molecule has 3 nitrogen and oxygen atoms in total. The summed E-state index contributed by atoms with van der Waals surface area (Å²) in [5, 5.41) is 11.7. The molecule has 90 valence electrons. The van der Waals surface area contributed by atoms with Crippen LogP contribution in [0, 0.1) is 0 Å². The van der Waals surface area contributed by atoms with Crippen LogP contribution in [-0.2, 0) is 16.0 Å². The number of aliphatic carboxylic acids is 1. The molecule has 0 unspecified atom stereocenters. The summed E-state index contributed by atoms with van der Waals surface area (Å²) in [6.45, 7) is 6.43. The summed E-state index contributed by atoms with van der Waals surface area (Å²) in [4.78, 5) is 14.9. The van der Waals surface area contributed by atoms with Crippen LogP contribution in [0.25, 0.3) is 0 Å². The third kappa shape index (κ3) is 4.53. The van der Waals surface area contributed by atoms with Gasteiger partial charge in [-0.2, -0.15) is 11.8 Å². The van der Waals surface area contributed by atoms with Gasteiger partial charge in [0.1, 0.15) is 5.01 Å². The topological polar surface area (TPSA) is 50.2 Å². The van der Waals surface area contributed by atoms with Gasteiger partial charge in [0.15, 0.2) is 0 Å². The van der Waals surface area contributed by atoms with Gasteiger partial charge in [0.05, 0.1) is 12.1 Å². The summed E-state index contributed by atoms with van der Waals surface area (Å²) >= 11 is 3.28. The van der Waals surface area contributed by atoms with Crippen molar-refractivity contribution in [3.8, 4) is 0 Å². The van der Waals surface area contributed by atoms with Crippen LogP contribution in [0.4, 0.5) is 0 Å². The number of aromatic nitrogens is 1. The van der Waals surface area contributed by atoms with Crippen molar-refractivity contribution >= 4 is 29.1 Å². The molecule has 1 aromatic heterocycles. The SMILES string of the molecule is CC(C)(C)c1csc(CSCCC(=O)O)n1. The van der Waals surface area contributed by atoms with Gasteiger partial charge in [0.25, 0.3) is 0 Å². The maximum atomic E-state index is 10.3. The van der Waals surface area contributed by atoms with E-state index in [4.69, 9.17) is 5.11 Å². The van der Waals surface area contributed by atoms with E-state index in [1.807, 2.05) is 0 Å². The van der Waals surface area contributed by atoms with E-state index < -0.39 is 5.97 Å². The molecule has 0 aromatic carbocycles. The first kappa shape index (κ1) is 13.5. The monoisotopic (exact) mass is 259 g/mol. The lowest BCUT2D eigenvalue weighted by Gasteiger charge is -2.14. The molecule has 0 saturated heterocycles. The molecular weight excluding hydrogens is 242 g/mol. The van der Waals surface area contributed by atoms with E-state index in [2.05, 4.69) is 31.1 Å². The maximum Gasteiger partial charge on any atom is 0.304 e. The molecule has 0 bridgehead atoms. The number of thioether (sulfide) groups is 1. The van der Waals surface area contributed by atoms with Crippen molar-refractivity contribution in [1.29, 1.82) is 0 Å². The van der Waals surface area contributed by atoms with Crippen LogP contribution in [0.15, 0.2) is 5.38 Å². The van der Waals surface area contributed by atoms with Crippen LogP contribution in [0.2, 0.25) is 0 Å². The number of hydrogen-bond acceptors (Lipinski definition) is 4. The predicted molar refractivity (Wildman–Crippen MR) is 69.2 cm³/mol. The third-order valence-electron chi connectivity index (χ3n) is 2.01. The Labute approximate surface area is 104 Å². The van der Waals surface area contributed by atoms with Gasteiger partial charge in [0.2, 0.25) is 0 Å². The summed E-state index contributed by atoms with van der Waals surface area (Å²) in [7, 11) is 0. The highest BCUT2D eigenvalue weighted by atomic mass is 32.2. The zero-order chi connectivity index (χ0) is 12.2. The minimum Gasteiger partial charge on any atom is -0.481 e. The number of rotatable bonds is 5. The molecule has 0 fully saturated rings. The molecule has 0 aliphatic heterocycles. The highest BCUT2D eigenvalue weighted by Crippen LogP contribution is 2.25. The average Bonchev–Trinajstić information content (AvgIpc) is 2.59. The number of hydrogen-bond donors (Lipinski definition) is 1. The molecule has 0 atom stereocenters. The quantitative estimate of drug-likeness (QED) is 0.825. The Morgan fingerprint density at radius 2 is 2.25 bits per heavy atom. The number of thiazole rings is 1. The lowest BCUT2D eigenvalue weighted by Crippen LogP contribution is -2.11. The van der Waals surface area contributed by atoms with E-state index in [9.17, 15) is 4.79 Å². The van der Waals surface area contributed by atoms with Crippen LogP contribution in [-0.4, -0.2) is 21.8 Å². The van der Waals surface area contributed by atoms with E-state index in [1.54, 1.807) is 23.1 Å². The van der Waals surface area contributed by atoms with Crippen LogP contribution in [0.1, 0.15) is 37.9 Å². The Morgan fingerprint density at radius 3 is 2.75 bits per heavy atom. The lowest BCUT2D eigenvalue weighted by molar-refractivity contribution is -0.136. The predicted octanol–water partition coefficient (Wildman–Crippen LogP) is 3.15. The second-order valence-electron chi connectivity index (χ2n) is 4.57. The number of carboxylic acid groups (broad SMARTS) is 1. The molecule has 5 heteroatoms. The van der Waals surface area contributed by atoms with Crippen LogP contribution in [0.3, 0.4) is 0 Å². The molecule has 0 aliphatic rings. The molecule has 16 heavy (non-hydrogen) atoms. The first-order chi connectivity index (χ1) is 7.39. The molecule has 0 spiro atoms. The van der Waals surface area contributed by atoms with Gasteiger partial charge in [-0.1, -0.05) is 20.8 Å². The Balaban J connectivity index is 2.38. The van der Waals surface area contributed by atoms with E-state index in [0.29, 0.717) is 5.75 Å². The van der Waals surface area contributed by atoms with Gasteiger partial charge in [0, 0.05) is 22.3 Å². The number of carbonyl (C=O) groups is 1. The molecule has 1 N–H and O–H groups in total. The molecule has 1 rings (SSSR count). The molecule has 0 amide bonds. The normalized spacial score (nSPS) is 11.7. The molecule has 0 saturated carbocycles. The van der Waals surface area contributed by atoms with Crippen LogP contribution < -0.4 is 0 Å². The van der Waals surface area contributed by atoms with Crippen molar-refractivity contribution in [2.24, 2.45) is 0 Å². The fourth-order valence-corrected chi connectivity index (χ4v) is 3.07. The fraction of sp³-hybridized carbons (Fsp3) is 0.636. The lowest BCUT2D eigenvalue weighted by atomic mass is 9.93. The highest BCUT2D eigenvalue weighted by Gasteiger charge is 2.17. The van der Waals surface area contributed by atoms with Gasteiger partial charge in [-0.15, -0.1) is 11.3 Å². The van der Waals surface area contributed by atoms with E-state index >= 15 is 0 Å². The molecular formula is C11H17NO2S2. The van der Waals surface area contributed by atoms with Crippen molar-refractivity contribution in [2.45, 2.75) is 38.4 Å². The smallest absolute Gasteiger partial charge is 0.304 e. The van der Waals surface area contributed by atoms with Crippen molar-refractivity contribution in [3.05, 3.63) is 16.1 Å². The molecule has 0 radical (unpaired) electrons. The number of carboxylic acids is 1. The Kier molecular flexibility index (Phi) is 4.80. The Morgan fingerprint density at radius 1 is 1.56 bits per heavy atom. The van der Waals surface area contributed by atoms with Gasteiger partial charge < -0.3 is 5.11 Å².